The molecule has 0 saturated heterocycles. The summed E-state index contributed by atoms with van der Waals surface area (Å²) in [5, 5.41) is -0.775. The Bertz CT molecular complexity index is 554. The fourth-order valence-corrected chi connectivity index (χ4v) is 5.31. The topological polar surface area (TPSA) is 35.5 Å². The van der Waals surface area contributed by atoms with Crippen LogP contribution in [0.2, 0.25) is 0 Å². The van der Waals surface area contributed by atoms with Crippen LogP contribution >= 0.6 is 19.2 Å². The third-order valence-electron chi connectivity index (χ3n) is 5.61. The van der Waals surface area contributed by atoms with E-state index in [-0.39, 0.29) is 0 Å². The highest BCUT2D eigenvalue weighted by Gasteiger charge is 2.33. The van der Waals surface area contributed by atoms with Gasteiger partial charge in [-0.1, -0.05) is 108 Å². The molecule has 5 heteroatoms. The van der Waals surface area contributed by atoms with Crippen molar-refractivity contribution in [2.75, 3.05) is 14.2 Å². The van der Waals surface area contributed by atoms with Gasteiger partial charge in [0.2, 0.25) is 0 Å². The van der Waals surface area contributed by atoms with Gasteiger partial charge in [-0.05, 0) is 24.0 Å². The normalized spacial score (nSPS) is 13.0. The van der Waals surface area contributed by atoms with Crippen LogP contribution in [0, 0.1) is 0 Å². The Morgan fingerprint density at radius 3 is 1.59 bits per heavy atom. The van der Waals surface area contributed by atoms with Gasteiger partial charge in [-0.25, -0.2) is 0 Å². The van der Waals surface area contributed by atoms with E-state index in [1.54, 1.807) is 0 Å². The Hall–Kier alpha value is -0.340. The van der Waals surface area contributed by atoms with Crippen molar-refractivity contribution in [2.24, 2.45) is 0 Å². The van der Waals surface area contributed by atoms with Gasteiger partial charge in [-0.2, -0.15) is 0 Å². The Morgan fingerprint density at radius 2 is 1.17 bits per heavy atom. The van der Waals surface area contributed by atoms with E-state index in [4.69, 9.17) is 20.6 Å². The van der Waals surface area contributed by atoms with Gasteiger partial charge < -0.3 is 9.05 Å². The molecule has 0 saturated carbocycles. The smallest absolute Gasteiger partial charge is 0.311 e. The molecule has 1 aromatic rings. The number of alkyl halides is 1. The summed E-state index contributed by atoms with van der Waals surface area (Å²) < 4.78 is 22.3. The lowest BCUT2D eigenvalue weighted by Gasteiger charge is -2.19. The van der Waals surface area contributed by atoms with E-state index in [1.165, 1.54) is 103 Å². The summed E-state index contributed by atoms with van der Waals surface area (Å²) in [6.07, 6.45) is 18.9. The second-order valence-electron chi connectivity index (χ2n) is 7.98. The van der Waals surface area contributed by atoms with Gasteiger partial charge in [0, 0.05) is 14.2 Å². The average Bonchev–Trinajstić information content (AvgIpc) is 2.76. The molecule has 0 N–H and O–H groups in total. The molecule has 0 bridgehead atoms. The maximum absolute atomic E-state index is 12.4. The minimum atomic E-state index is -3.29. The number of hydrogen-bond donors (Lipinski definition) is 0. The fourth-order valence-electron chi connectivity index (χ4n) is 3.63. The maximum atomic E-state index is 12.4. The molecule has 0 aliphatic carbocycles. The number of unbranched alkanes of at least 4 members (excludes halogenated alkanes) is 12. The van der Waals surface area contributed by atoms with Crippen molar-refractivity contribution in [3.05, 3.63) is 35.4 Å². The molecule has 0 radical (unpaired) electrons. The Labute approximate surface area is 184 Å². The van der Waals surface area contributed by atoms with Crippen molar-refractivity contribution >= 4 is 19.2 Å². The molecule has 0 amide bonds. The molecule has 0 spiro atoms. The number of hydrogen-bond acceptors (Lipinski definition) is 3. The lowest BCUT2D eigenvalue weighted by molar-refractivity contribution is 0.273. The quantitative estimate of drug-likeness (QED) is 0.129. The van der Waals surface area contributed by atoms with E-state index >= 15 is 0 Å². The van der Waals surface area contributed by atoms with Crippen LogP contribution in [-0.2, 0) is 20.0 Å². The highest BCUT2D eigenvalue weighted by molar-refractivity contribution is 7.56. The molecule has 29 heavy (non-hydrogen) atoms. The number of halogens is 1. The number of benzene rings is 1. The zero-order chi connectivity index (χ0) is 21.4. The van der Waals surface area contributed by atoms with Crippen LogP contribution in [0.15, 0.2) is 24.3 Å². The van der Waals surface area contributed by atoms with Gasteiger partial charge in [0.1, 0.15) is 0 Å². The Morgan fingerprint density at radius 1 is 0.759 bits per heavy atom. The summed E-state index contributed by atoms with van der Waals surface area (Å²) in [5.74, 6) is 0. The van der Waals surface area contributed by atoms with E-state index in [9.17, 15) is 4.57 Å². The van der Waals surface area contributed by atoms with Crippen LogP contribution in [0.5, 0.6) is 0 Å². The first-order valence-electron chi connectivity index (χ1n) is 11.5. The van der Waals surface area contributed by atoms with E-state index < -0.39 is 12.7 Å². The largest absolute Gasteiger partial charge is 0.352 e. The van der Waals surface area contributed by atoms with Gasteiger partial charge in [-0.15, -0.1) is 11.6 Å². The van der Waals surface area contributed by atoms with E-state index in [0.29, 0.717) is 0 Å². The third-order valence-corrected chi connectivity index (χ3v) is 8.45. The zero-order valence-corrected chi connectivity index (χ0v) is 20.5. The lowest BCUT2D eigenvalue weighted by atomic mass is 10.0. The summed E-state index contributed by atoms with van der Waals surface area (Å²) >= 11 is 6.29. The summed E-state index contributed by atoms with van der Waals surface area (Å²) in [7, 11) is -0.567. The van der Waals surface area contributed by atoms with E-state index in [2.05, 4.69) is 19.1 Å². The van der Waals surface area contributed by atoms with Crippen molar-refractivity contribution in [1.82, 2.24) is 0 Å². The first kappa shape index (κ1) is 26.7. The average molecular weight is 445 g/mol. The molecule has 0 aliphatic heterocycles. The van der Waals surface area contributed by atoms with Crippen molar-refractivity contribution < 1.29 is 13.6 Å². The monoisotopic (exact) mass is 444 g/mol. The Balaban J connectivity index is 2.09. The van der Waals surface area contributed by atoms with Crippen LogP contribution in [0.3, 0.4) is 0 Å². The van der Waals surface area contributed by atoms with Crippen molar-refractivity contribution in [3.8, 4) is 0 Å². The molecule has 0 fully saturated rings. The SMILES string of the molecule is CCCCCCCCCCCCCCCc1ccc(C(Cl)P(=O)(OC)OC)cc1. The van der Waals surface area contributed by atoms with Crippen molar-refractivity contribution in [1.29, 1.82) is 0 Å². The molecule has 1 rings (SSSR count). The second-order valence-corrected chi connectivity index (χ2v) is 11.0. The van der Waals surface area contributed by atoms with E-state index in [1.807, 2.05) is 12.1 Å². The highest BCUT2D eigenvalue weighted by atomic mass is 35.5. The number of aryl methyl sites for hydroxylation is 1. The van der Waals surface area contributed by atoms with Gasteiger partial charge >= 0.3 is 7.60 Å². The van der Waals surface area contributed by atoms with Gasteiger partial charge in [0.25, 0.3) is 0 Å². The minimum absolute atomic E-state index is 0.771. The van der Waals surface area contributed by atoms with Crippen LogP contribution in [0.1, 0.15) is 107 Å². The third kappa shape index (κ3) is 11.0. The molecule has 0 aliphatic rings. The van der Waals surface area contributed by atoms with Gasteiger partial charge in [-0.3, -0.25) is 4.57 Å². The highest BCUT2D eigenvalue weighted by Crippen LogP contribution is 2.61. The maximum Gasteiger partial charge on any atom is 0.352 e. The van der Waals surface area contributed by atoms with E-state index in [0.717, 1.165) is 12.0 Å². The molecule has 1 atom stereocenters. The molecule has 0 aromatic heterocycles. The first-order chi connectivity index (χ1) is 14.1. The Kier molecular flexibility index (Phi) is 15.1. The second kappa shape index (κ2) is 16.4. The van der Waals surface area contributed by atoms with Crippen molar-refractivity contribution in [2.45, 2.75) is 102 Å². The molecule has 168 valence electrons. The van der Waals surface area contributed by atoms with Crippen LogP contribution in [0.4, 0.5) is 0 Å². The van der Waals surface area contributed by atoms with Crippen LogP contribution in [-0.4, -0.2) is 14.2 Å². The number of rotatable bonds is 18. The summed E-state index contributed by atoms with van der Waals surface area (Å²) in [4.78, 5) is 0. The predicted octanol–water partition coefficient (Wildman–Crippen LogP) is 9.04. The van der Waals surface area contributed by atoms with Gasteiger partial charge in [0.05, 0.1) is 0 Å². The molecule has 1 aromatic carbocycles. The predicted molar refractivity (Wildman–Crippen MR) is 126 cm³/mol. The standard InChI is InChI=1S/C24H42ClO3P/c1-4-5-6-7-8-9-10-11-12-13-14-15-16-17-22-18-20-23(21-19-22)24(25)29(26,27-2)28-3/h18-21,24H,4-17H2,1-3H3. The molecule has 0 heterocycles. The zero-order valence-electron chi connectivity index (χ0n) is 18.8. The van der Waals surface area contributed by atoms with Crippen LogP contribution < -0.4 is 0 Å². The van der Waals surface area contributed by atoms with Gasteiger partial charge in [0.15, 0.2) is 5.12 Å². The lowest BCUT2D eigenvalue weighted by Crippen LogP contribution is -1.98. The van der Waals surface area contributed by atoms with Crippen LogP contribution in [0.25, 0.3) is 0 Å². The molecule has 3 nitrogen and oxygen atoms in total. The molecular formula is C24H42ClO3P. The molecule has 1 unspecified atom stereocenters. The molecular weight excluding hydrogens is 403 g/mol. The first-order valence-corrected chi connectivity index (χ1v) is 13.6. The van der Waals surface area contributed by atoms with Crippen molar-refractivity contribution in [3.63, 3.8) is 0 Å². The minimum Gasteiger partial charge on any atom is -0.311 e. The summed E-state index contributed by atoms with van der Waals surface area (Å²) in [6.45, 7) is 2.28. The fraction of sp³-hybridized carbons (Fsp3) is 0.750. The summed E-state index contributed by atoms with van der Waals surface area (Å²) in [5.41, 5.74) is 2.07. The summed E-state index contributed by atoms with van der Waals surface area (Å²) in [6, 6.07) is 8.00.